The van der Waals surface area contributed by atoms with Crippen molar-refractivity contribution in [3.8, 4) is 5.75 Å². The molecule has 0 atom stereocenters. The summed E-state index contributed by atoms with van der Waals surface area (Å²) >= 11 is 3.15. The minimum absolute atomic E-state index is 0.285. The van der Waals surface area contributed by atoms with E-state index in [9.17, 15) is 0 Å². The predicted molar refractivity (Wildman–Crippen MR) is 56.1 cm³/mol. The number of phenolic OH excluding ortho intramolecular Hbond substituents is 1. The maximum Gasteiger partial charge on any atom is 0.129 e. The smallest absolute Gasteiger partial charge is 0.129 e. The normalized spacial score (nSPS) is 13.0. The molecule has 0 aliphatic carbocycles. The molecule has 3 nitrogen and oxygen atoms in total. The summed E-state index contributed by atoms with van der Waals surface area (Å²) in [6.07, 6.45) is 3.89. The average Bonchev–Trinajstić information content (AvgIpc) is 2.68. The quantitative estimate of drug-likeness (QED) is 0.650. The molecule has 0 fully saturated rings. The second-order valence-electron chi connectivity index (χ2n) is 2.38. The molecule has 4 heteroatoms. The fourth-order valence-corrected chi connectivity index (χ4v) is 1.03. The van der Waals surface area contributed by atoms with E-state index in [1.165, 1.54) is 0 Å². The van der Waals surface area contributed by atoms with E-state index in [2.05, 4.69) is 26.8 Å². The van der Waals surface area contributed by atoms with Crippen LogP contribution in [0.5, 0.6) is 5.75 Å². The van der Waals surface area contributed by atoms with Gasteiger partial charge >= 0.3 is 0 Å². The number of hydrogen-bond acceptors (Lipinski definition) is 3. The van der Waals surface area contributed by atoms with E-state index in [1.54, 1.807) is 18.2 Å². The van der Waals surface area contributed by atoms with E-state index in [0.29, 0.717) is 0 Å². The Bertz CT molecular complexity index is 262. The van der Waals surface area contributed by atoms with Crippen LogP contribution in [0.25, 0.3) is 0 Å². The van der Waals surface area contributed by atoms with Crippen LogP contribution in [0, 0.1) is 0 Å². The van der Waals surface area contributed by atoms with E-state index in [-0.39, 0.29) is 5.75 Å². The van der Waals surface area contributed by atoms with Crippen LogP contribution < -0.4 is 10.9 Å². The first-order chi connectivity index (χ1) is 6.30. The minimum atomic E-state index is 0.285. The Morgan fingerprint density at radius 1 is 1.31 bits per heavy atom. The van der Waals surface area contributed by atoms with E-state index in [1.807, 2.05) is 18.3 Å². The largest absolute Gasteiger partial charge is 0.507 e. The zero-order valence-electron chi connectivity index (χ0n) is 7.00. The van der Waals surface area contributed by atoms with Crippen molar-refractivity contribution in [2.45, 2.75) is 0 Å². The molecular weight excluding hydrogens is 232 g/mol. The molecule has 13 heavy (non-hydrogen) atoms. The number of rotatable bonds is 0. The van der Waals surface area contributed by atoms with Crippen LogP contribution in [0.3, 0.4) is 0 Å². The Morgan fingerprint density at radius 3 is 2.38 bits per heavy atom. The topological polar surface area (TPSA) is 44.3 Å². The highest BCUT2D eigenvalue weighted by atomic mass is 79.9. The van der Waals surface area contributed by atoms with Crippen molar-refractivity contribution in [2.75, 3.05) is 6.54 Å². The van der Waals surface area contributed by atoms with Crippen molar-refractivity contribution in [3.63, 3.8) is 0 Å². The Morgan fingerprint density at radius 2 is 2.08 bits per heavy atom. The van der Waals surface area contributed by atoms with Crippen LogP contribution in [0.1, 0.15) is 0 Å². The molecule has 0 amide bonds. The Balaban J connectivity index is 0.000000145. The van der Waals surface area contributed by atoms with E-state index in [4.69, 9.17) is 5.11 Å². The Hall–Kier alpha value is -1.000. The molecule has 1 aliphatic heterocycles. The van der Waals surface area contributed by atoms with Gasteiger partial charge in [-0.15, -0.1) is 0 Å². The van der Waals surface area contributed by atoms with Crippen LogP contribution in [-0.2, 0) is 0 Å². The van der Waals surface area contributed by atoms with Gasteiger partial charge in [0.2, 0.25) is 0 Å². The van der Waals surface area contributed by atoms with Gasteiger partial charge in [0.15, 0.2) is 0 Å². The number of phenols is 1. The molecule has 0 saturated carbocycles. The van der Waals surface area contributed by atoms with Gasteiger partial charge in [-0.1, -0.05) is 18.2 Å². The SMILES string of the molecule is C1=CNNC1.Oc1ccccc1Br. The van der Waals surface area contributed by atoms with Gasteiger partial charge in [-0.2, -0.15) is 0 Å². The summed E-state index contributed by atoms with van der Waals surface area (Å²) in [7, 11) is 0. The second-order valence-corrected chi connectivity index (χ2v) is 3.23. The minimum Gasteiger partial charge on any atom is -0.507 e. The third-order valence-corrected chi connectivity index (χ3v) is 2.05. The average molecular weight is 243 g/mol. The zero-order valence-corrected chi connectivity index (χ0v) is 8.58. The van der Waals surface area contributed by atoms with Crippen LogP contribution >= 0.6 is 15.9 Å². The number of nitrogens with one attached hydrogen (secondary N) is 2. The number of benzene rings is 1. The third kappa shape index (κ3) is 3.96. The van der Waals surface area contributed by atoms with Crippen molar-refractivity contribution in [1.29, 1.82) is 0 Å². The van der Waals surface area contributed by atoms with Crippen molar-refractivity contribution in [2.24, 2.45) is 0 Å². The van der Waals surface area contributed by atoms with E-state index in [0.717, 1.165) is 11.0 Å². The number of para-hydroxylation sites is 1. The highest BCUT2D eigenvalue weighted by molar-refractivity contribution is 9.10. The zero-order chi connectivity index (χ0) is 9.52. The lowest BCUT2D eigenvalue weighted by Crippen LogP contribution is -2.19. The molecule has 0 saturated heterocycles. The summed E-state index contributed by atoms with van der Waals surface area (Å²) in [4.78, 5) is 0. The summed E-state index contributed by atoms with van der Waals surface area (Å²) in [5.41, 5.74) is 5.65. The molecule has 0 aromatic heterocycles. The predicted octanol–water partition coefficient (Wildman–Crippen LogP) is 1.76. The first-order valence-electron chi connectivity index (χ1n) is 3.87. The van der Waals surface area contributed by atoms with Gasteiger partial charge in [-0.3, -0.25) is 0 Å². The lowest BCUT2D eigenvalue weighted by molar-refractivity contribution is 0.472. The summed E-state index contributed by atoms with van der Waals surface area (Å²) in [5.74, 6) is 0.285. The first-order valence-corrected chi connectivity index (χ1v) is 4.67. The lowest BCUT2D eigenvalue weighted by Gasteiger charge is -1.90. The molecule has 0 spiro atoms. The Kier molecular flexibility index (Phi) is 4.35. The fourth-order valence-electron chi connectivity index (χ4n) is 0.746. The summed E-state index contributed by atoms with van der Waals surface area (Å²) in [6, 6.07) is 7.04. The molecule has 2 rings (SSSR count). The standard InChI is InChI=1S/C6H5BrO.C3H6N2/c7-5-3-1-2-4-6(5)8;1-2-4-5-3-1/h1-4,8H;1-2,4-5H,3H2. The lowest BCUT2D eigenvalue weighted by atomic mass is 10.3. The molecule has 1 aromatic rings. The molecule has 1 aromatic carbocycles. The van der Waals surface area contributed by atoms with Gasteiger partial charge in [0.25, 0.3) is 0 Å². The van der Waals surface area contributed by atoms with Crippen molar-refractivity contribution < 1.29 is 5.11 Å². The molecular formula is C9H11BrN2O. The monoisotopic (exact) mass is 242 g/mol. The van der Waals surface area contributed by atoms with Gasteiger partial charge in [-0.05, 0) is 28.1 Å². The molecule has 0 unspecified atom stereocenters. The van der Waals surface area contributed by atoms with E-state index < -0.39 is 0 Å². The highest BCUT2D eigenvalue weighted by Crippen LogP contribution is 2.21. The van der Waals surface area contributed by atoms with Crippen LogP contribution in [0.2, 0.25) is 0 Å². The number of hydrazine groups is 1. The number of halogens is 1. The summed E-state index contributed by atoms with van der Waals surface area (Å²) < 4.78 is 0.736. The summed E-state index contributed by atoms with van der Waals surface area (Å²) in [5, 5.41) is 8.87. The fraction of sp³-hybridized carbons (Fsp3) is 0.111. The van der Waals surface area contributed by atoms with Crippen LogP contribution in [0.4, 0.5) is 0 Å². The van der Waals surface area contributed by atoms with Crippen LogP contribution in [0.15, 0.2) is 41.0 Å². The van der Waals surface area contributed by atoms with Gasteiger partial charge in [-0.25, -0.2) is 5.43 Å². The molecule has 1 heterocycles. The van der Waals surface area contributed by atoms with Crippen LogP contribution in [-0.4, -0.2) is 11.7 Å². The number of aromatic hydroxyl groups is 1. The van der Waals surface area contributed by atoms with Gasteiger partial charge in [0.1, 0.15) is 5.75 Å². The second kappa shape index (κ2) is 5.61. The highest BCUT2D eigenvalue weighted by Gasteiger charge is 1.89. The van der Waals surface area contributed by atoms with Gasteiger partial charge in [0.05, 0.1) is 4.47 Å². The molecule has 0 radical (unpaired) electrons. The maximum absolute atomic E-state index is 8.87. The van der Waals surface area contributed by atoms with Gasteiger partial charge < -0.3 is 10.5 Å². The molecule has 70 valence electrons. The van der Waals surface area contributed by atoms with Crippen molar-refractivity contribution in [1.82, 2.24) is 10.9 Å². The van der Waals surface area contributed by atoms with Crippen molar-refractivity contribution >= 4 is 15.9 Å². The molecule has 3 N–H and O–H groups in total. The third-order valence-electron chi connectivity index (χ3n) is 1.38. The Labute approximate surface area is 85.6 Å². The maximum atomic E-state index is 8.87. The molecule has 1 aliphatic rings. The van der Waals surface area contributed by atoms with E-state index >= 15 is 0 Å². The summed E-state index contributed by atoms with van der Waals surface area (Å²) in [6.45, 7) is 0.958. The van der Waals surface area contributed by atoms with Gasteiger partial charge in [0, 0.05) is 12.7 Å². The molecule has 0 bridgehead atoms. The number of hydrogen-bond donors (Lipinski definition) is 3. The van der Waals surface area contributed by atoms with Crippen molar-refractivity contribution in [3.05, 3.63) is 41.0 Å². The first kappa shape index (κ1) is 10.1.